The first kappa shape index (κ1) is 12.3. The molecule has 5 nitrogen and oxygen atoms in total. The van der Waals surface area contributed by atoms with Gasteiger partial charge < -0.3 is 18.6 Å². The Morgan fingerprint density at radius 1 is 1.30 bits per heavy atom. The van der Waals surface area contributed by atoms with Gasteiger partial charge in [0.05, 0.1) is 18.9 Å². The van der Waals surface area contributed by atoms with Gasteiger partial charge in [-0.3, -0.25) is 4.79 Å². The molecule has 0 aliphatic carbocycles. The molecule has 0 saturated heterocycles. The van der Waals surface area contributed by atoms with Gasteiger partial charge in [0.15, 0.2) is 0 Å². The van der Waals surface area contributed by atoms with Crippen molar-refractivity contribution in [2.45, 2.75) is 0 Å². The first-order chi connectivity index (χ1) is 9.79. The van der Waals surface area contributed by atoms with E-state index in [1.54, 1.807) is 24.5 Å². The molecule has 102 valence electrons. The van der Waals surface area contributed by atoms with Crippen LogP contribution in [-0.4, -0.2) is 19.7 Å². The van der Waals surface area contributed by atoms with Gasteiger partial charge in [0.2, 0.25) is 18.3 Å². The minimum Gasteiger partial charge on any atom is -0.496 e. The molecule has 2 heterocycles. The molecule has 0 amide bonds. The smallest absolute Gasteiger partial charge is 0.234 e. The monoisotopic (exact) mass is 272 g/mol. The van der Waals surface area contributed by atoms with Gasteiger partial charge in [0.1, 0.15) is 17.8 Å². The molecular weight excluding hydrogens is 260 g/mol. The third kappa shape index (κ3) is 2.14. The summed E-state index contributed by atoms with van der Waals surface area (Å²) in [5, 5.41) is 0. The van der Waals surface area contributed by atoms with E-state index in [9.17, 15) is 4.79 Å². The van der Waals surface area contributed by atoms with Crippen molar-refractivity contribution in [2.24, 2.45) is 0 Å². The lowest BCUT2D eigenvalue weighted by Gasteiger charge is -2.09. The van der Waals surface area contributed by atoms with Crippen molar-refractivity contribution in [3.05, 3.63) is 54.2 Å². The third-order valence-electron chi connectivity index (χ3n) is 2.95. The summed E-state index contributed by atoms with van der Waals surface area (Å²) in [7, 11) is 1.51. The van der Waals surface area contributed by atoms with E-state index in [1.807, 2.05) is 12.1 Å². The Bertz CT molecular complexity index is 655. The summed E-state index contributed by atoms with van der Waals surface area (Å²) in [6, 6.07) is 8.88. The number of Topliss-reactive ketones (excluding diaryl/α,β-unsaturated/α-hetero) is 1. The van der Waals surface area contributed by atoms with Crippen LogP contribution in [0.1, 0.15) is 10.4 Å². The second kappa shape index (κ2) is 5.13. The SMILES string of the molecule is COc1ccc(-c2ccco2)cc1C(=O)C1=COCO1. The zero-order valence-corrected chi connectivity index (χ0v) is 10.8. The Hall–Kier alpha value is -2.69. The van der Waals surface area contributed by atoms with Gasteiger partial charge >= 0.3 is 0 Å². The Morgan fingerprint density at radius 2 is 2.20 bits per heavy atom. The standard InChI is InChI=1S/C15H12O5/c1-17-13-5-4-10(12-3-2-6-19-12)7-11(13)15(16)14-8-18-9-20-14/h2-8H,9H2,1H3. The van der Waals surface area contributed by atoms with E-state index < -0.39 is 0 Å². The largest absolute Gasteiger partial charge is 0.496 e. The number of benzene rings is 1. The van der Waals surface area contributed by atoms with Crippen LogP contribution in [0.15, 0.2) is 53.0 Å². The number of ketones is 1. The summed E-state index contributed by atoms with van der Waals surface area (Å²) >= 11 is 0. The van der Waals surface area contributed by atoms with Crippen molar-refractivity contribution in [1.82, 2.24) is 0 Å². The lowest BCUT2D eigenvalue weighted by Crippen LogP contribution is -2.06. The summed E-state index contributed by atoms with van der Waals surface area (Å²) < 4.78 is 20.6. The minimum atomic E-state index is -0.284. The molecule has 0 atom stereocenters. The average molecular weight is 272 g/mol. The van der Waals surface area contributed by atoms with Gasteiger partial charge in [-0.2, -0.15) is 0 Å². The Kier molecular flexibility index (Phi) is 3.16. The number of rotatable bonds is 4. The minimum absolute atomic E-state index is 0.0568. The van der Waals surface area contributed by atoms with Crippen LogP contribution in [0.5, 0.6) is 5.75 Å². The van der Waals surface area contributed by atoms with Crippen LogP contribution in [0.3, 0.4) is 0 Å². The van der Waals surface area contributed by atoms with E-state index in [1.165, 1.54) is 13.4 Å². The molecule has 5 heteroatoms. The number of hydrogen-bond acceptors (Lipinski definition) is 5. The van der Waals surface area contributed by atoms with Crippen LogP contribution in [0.2, 0.25) is 0 Å². The van der Waals surface area contributed by atoms with Crippen LogP contribution in [0, 0.1) is 0 Å². The number of methoxy groups -OCH3 is 1. The molecule has 0 bridgehead atoms. The molecule has 0 spiro atoms. The maximum atomic E-state index is 12.4. The molecule has 1 aliphatic heterocycles. The molecule has 1 aromatic carbocycles. The lowest BCUT2D eigenvalue weighted by molar-refractivity contribution is 0.0683. The first-order valence-corrected chi connectivity index (χ1v) is 6.01. The molecule has 0 saturated carbocycles. The molecule has 0 radical (unpaired) electrons. The number of hydrogen-bond donors (Lipinski definition) is 0. The van der Waals surface area contributed by atoms with Crippen molar-refractivity contribution in [1.29, 1.82) is 0 Å². The van der Waals surface area contributed by atoms with E-state index in [4.69, 9.17) is 18.6 Å². The summed E-state index contributed by atoms with van der Waals surface area (Å²) in [6.45, 7) is 0.0568. The fourth-order valence-electron chi connectivity index (χ4n) is 1.97. The number of allylic oxidation sites excluding steroid dienone is 1. The van der Waals surface area contributed by atoms with Gasteiger partial charge in [0.25, 0.3) is 0 Å². The number of furan rings is 1. The summed E-state index contributed by atoms with van der Waals surface area (Å²) in [4.78, 5) is 12.4. The predicted molar refractivity (Wildman–Crippen MR) is 70.1 cm³/mol. The van der Waals surface area contributed by atoms with Crippen LogP contribution < -0.4 is 4.74 Å². The summed E-state index contributed by atoms with van der Waals surface area (Å²) in [5.74, 6) is 1.04. The fraction of sp³-hybridized carbons (Fsp3) is 0.133. The highest BCUT2D eigenvalue weighted by molar-refractivity contribution is 6.09. The number of carbonyl (C=O) groups is 1. The van der Waals surface area contributed by atoms with Crippen LogP contribution in [0.25, 0.3) is 11.3 Å². The lowest BCUT2D eigenvalue weighted by atomic mass is 10.0. The first-order valence-electron chi connectivity index (χ1n) is 6.01. The van der Waals surface area contributed by atoms with Crippen LogP contribution in [0.4, 0.5) is 0 Å². The maximum absolute atomic E-state index is 12.4. The highest BCUT2D eigenvalue weighted by Crippen LogP contribution is 2.29. The van der Waals surface area contributed by atoms with Gasteiger partial charge in [-0.1, -0.05) is 0 Å². The normalized spacial score (nSPS) is 13.3. The highest BCUT2D eigenvalue weighted by Gasteiger charge is 2.22. The van der Waals surface area contributed by atoms with Crippen LogP contribution in [-0.2, 0) is 9.47 Å². The molecule has 0 fully saturated rings. The second-order valence-electron chi connectivity index (χ2n) is 4.13. The van der Waals surface area contributed by atoms with Crippen molar-refractivity contribution >= 4 is 5.78 Å². The predicted octanol–water partition coefficient (Wildman–Crippen LogP) is 2.98. The Morgan fingerprint density at radius 3 is 2.85 bits per heavy atom. The van der Waals surface area contributed by atoms with Gasteiger partial charge in [-0.05, 0) is 30.3 Å². The third-order valence-corrected chi connectivity index (χ3v) is 2.95. The van der Waals surface area contributed by atoms with E-state index in [0.29, 0.717) is 17.1 Å². The quantitative estimate of drug-likeness (QED) is 0.801. The summed E-state index contributed by atoms with van der Waals surface area (Å²) in [5.41, 5.74) is 1.19. The molecule has 1 aliphatic rings. The molecule has 1 aromatic heterocycles. The zero-order valence-electron chi connectivity index (χ0n) is 10.8. The maximum Gasteiger partial charge on any atom is 0.234 e. The van der Waals surface area contributed by atoms with E-state index in [2.05, 4.69) is 0 Å². The molecule has 2 aromatic rings. The van der Waals surface area contributed by atoms with Crippen molar-refractivity contribution < 1.29 is 23.4 Å². The van der Waals surface area contributed by atoms with E-state index in [-0.39, 0.29) is 18.3 Å². The topological polar surface area (TPSA) is 57.9 Å². The zero-order chi connectivity index (χ0) is 13.9. The number of carbonyl (C=O) groups excluding carboxylic acids is 1. The van der Waals surface area contributed by atoms with Gasteiger partial charge in [-0.15, -0.1) is 0 Å². The van der Waals surface area contributed by atoms with Crippen molar-refractivity contribution in [2.75, 3.05) is 13.9 Å². The molecule has 0 N–H and O–H groups in total. The second-order valence-corrected chi connectivity index (χ2v) is 4.13. The van der Waals surface area contributed by atoms with Crippen LogP contribution >= 0.6 is 0 Å². The summed E-state index contributed by atoms with van der Waals surface area (Å²) in [6.07, 6.45) is 2.89. The highest BCUT2D eigenvalue weighted by atomic mass is 16.7. The molecular formula is C15H12O5. The van der Waals surface area contributed by atoms with Gasteiger partial charge in [-0.25, -0.2) is 0 Å². The number of ether oxygens (including phenoxy) is 3. The van der Waals surface area contributed by atoms with Crippen molar-refractivity contribution in [3.8, 4) is 17.1 Å². The molecule has 0 unspecified atom stereocenters. The molecule has 20 heavy (non-hydrogen) atoms. The molecule has 3 rings (SSSR count). The van der Waals surface area contributed by atoms with E-state index in [0.717, 1.165) is 5.56 Å². The van der Waals surface area contributed by atoms with Crippen molar-refractivity contribution in [3.63, 3.8) is 0 Å². The average Bonchev–Trinajstić information content (AvgIpc) is 3.18. The van der Waals surface area contributed by atoms with Gasteiger partial charge in [0, 0.05) is 5.56 Å². The Balaban J connectivity index is 2.03. The fourth-order valence-corrected chi connectivity index (χ4v) is 1.97. The van der Waals surface area contributed by atoms with E-state index >= 15 is 0 Å². The Labute approximate surface area is 115 Å².